The summed E-state index contributed by atoms with van der Waals surface area (Å²) in [5.74, 6) is -0.0505. The average molecular weight is 232 g/mol. The number of rotatable bonds is 5. The van der Waals surface area contributed by atoms with E-state index in [9.17, 15) is 4.79 Å². The maximum atomic E-state index is 11.9. The highest BCUT2D eigenvalue weighted by Gasteiger charge is 2.16. The molecule has 1 aromatic carbocycles. The summed E-state index contributed by atoms with van der Waals surface area (Å²) in [4.78, 5) is 13.5. The minimum atomic E-state index is -0.483. The lowest BCUT2D eigenvalue weighted by Crippen LogP contribution is -2.41. The Hall–Kier alpha value is -1.61. The predicted molar refractivity (Wildman–Crippen MR) is 70.4 cm³/mol. The van der Waals surface area contributed by atoms with Crippen molar-refractivity contribution in [2.24, 2.45) is 5.73 Å². The van der Waals surface area contributed by atoms with E-state index in [-0.39, 0.29) is 5.91 Å². The third kappa shape index (κ3) is 4.04. The van der Waals surface area contributed by atoms with Crippen LogP contribution >= 0.6 is 0 Å². The van der Waals surface area contributed by atoms with E-state index >= 15 is 0 Å². The van der Waals surface area contributed by atoms with E-state index in [2.05, 4.69) is 6.58 Å². The number of hydrogen-bond acceptors (Lipinski definition) is 2. The number of carbonyl (C=O) groups excluding carboxylic acids is 1. The Morgan fingerprint density at radius 3 is 2.59 bits per heavy atom. The molecule has 0 spiro atoms. The molecule has 1 amide bonds. The molecule has 3 nitrogen and oxygen atoms in total. The number of hydrogen-bond donors (Lipinski definition) is 1. The van der Waals surface area contributed by atoms with Crippen molar-refractivity contribution in [3.05, 3.63) is 48.0 Å². The van der Waals surface area contributed by atoms with Crippen LogP contribution in [0.15, 0.2) is 36.9 Å². The quantitative estimate of drug-likeness (QED) is 0.788. The van der Waals surface area contributed by atoms with Crippen molar-refractivity contribution in [2.75, 3.05) is 7.05 Å². The number of aryl methyl sites for hydroxylation is 1. The number of benzene rings is 1. The maximum Gasteiger partial charge on any atom is 0.239 e. The number of amides is 1. The van der Waals surface area contributed by atoms with E-state index in [4.69, 9.17) is 5.73 Å². The van der Waals surface area contributed by atoms with Crippen molar-refractivity contribution in [1.82, 2.24) is 4.90 Å². The maximum absolute atomic E-state index is 11.9. The first kappa shape index (κ1) is 13.5. The molecule has 1 aromatic rings. The molecular formula is C14H20N2O. The molecule has 17 heavy (non-hydrogen) atoms. The van der Waals surface area contributed by atoms with E-state index in [0.717, 1.165) is 5.56 Å². The summed E-state index contributed by atoms with van der Waals surface area (Å²) in [5.41, 5.74) is 8.07. The second-order valence-corrected chi connectivity index (χ2v) is 4.31. The smallest absolute Gasteiger partial charge is 0.239 e. The third-order valence-corrected chi connectivity index (χ3v) is 2.65. The number of nitrogens with two attached hydrogens (primary N) is 1. The van der Waals surface area contributed by atoms with Gasteiger partial charge in [0, 0.05) is 13.6 Å². The van der Waals surface area contributed by atoms with E-state index in [1.807, 2.05) is 31.2 Å². The Kier molecular flexibility index (Phi) is 4.91. The molecule has 3 heteroatoms. The molecule has 0 aromatic heterocycles. The van der Waals surface area contributed by atoms with Crippen LogP contribution in [0, 0.1) is 6.92 Å². The molecule has 0 saturated carbocycles. The highest BCUT2D eigenvalue weighted by atomic mass is 16.2. The van der Waals surface area contributed by atoms with Crippen LogP contribution in [0.2, 0.25) is 0 Å². The molecule has 0 saturated heterocycles. The monoisotopic (exact) mass is 232 g/mol. The van der Waals surface area contributed by atoms with Crippen LogP contribution in [0.1, 0.15) is 17.5 Å². The average Bonchev–Trinajstić information content (AvgIpc) is 2.31. The fourth-order valence-electron chi connectivity index (χ4n) is 1.61. The molecule has 2 N–H and O–H groups in total. The van der Waals surface area contributed by atoms with Gasteiger partial charge in [-0.25, -0.2) is 0 Å². The van der Waals surface area contributed by atoms with Gasteiger partial charge in [-0.2, -0.15) is 0 Å². The molecule has 0 fully saturated rings. The summed E-state index contributed by atoms with van der Waals surface area (Å²) >= 11 is 0. The first-order chi connectivity index (χ1) is 8.04. The van der Waals surface area contributed by atoms with E-state index in [0.29, 0.717) is 13.0 Å². The molecular weight excluding hydrogens is 212 g/mol. The zero-order valence-electron chi connectivity index (χ0n) is 10.5. The van der Waals surface area contributed by atoms with Gasteiger partial charge in [-0.1, -0.05) is 35.9 Å². The molecule has 0 bridgehead atoms. The van der Waals surface area contributed by atoms with Gasteiger partial charge in [0.1, 0.15) is 0 Å². The lowest BCUT2D eigenvalue weighted by atomic mass is 10.1. The van der Waals surface area contributed by atoms with Gasteiger partial charge >= 0.3 is 0 Å². The first-order valence-corrected chi connectivity index (χ1v) is 5.71. The van der Waals surface area contributed by atoms with Gasteiger partial charge < -0.3 is 10.6 Å². The largest absolute Gasteiger partial charge is 0.340 e. The number of nitrogens with zero attached hydrogens (tertiary/aromatic N) is 1. The van der Waals surface area contributed by atoms with Crippen LogP contribution in [-0.4, -0.2) is 23.9 Å². The summed E-state index contributed by atoms with van der Waals surface area (Å²) in [6.45, 7) is 6.21. The van der Waals surface area contributed by atoms with Gasteiger partial charge in [0.05, 0.1) is 6.04 Å². The standard InChI is InChI=1S/C14H20N2O/c1-4-5-13(15)14(17)16(3)10-12-8-6-11(2)7-9-12/h4,6-9,13H,1,5,10,15H2,2-3H3. The lowest BCUT2D eigenvalue weighted by Gasteiger charge is -2.20. The van der Waals surface area contributed by atoms with Crippen LogP contribution in [0.3, 0.4) is 0 Å². The van der Waals surface area contributed by atoms with Gasteiger partial charge in [-0.15, -0.1) is 6.58 Å². The Morgan fingerprint density at radius 2 is 2.06 bits per heavy atom. The molecule has 0 aliphatic heterocycles. The zero-order chi connectivity index (χ0) is 12.8. The predicted octanol–water partition coefficient (Wildman–Crippen LogP) is 1.86. The Bertz CT molecular complexity index is 384. The van der Waals surface area contributed by atoms with Gasteiger partial charge in [0.25, 0.3) is 0 Å². The number of likely N-dealkylation sites (N-methyl/N-ethyl adjacent to an activating group) is 1. The molecule has 0 heterocycles. The first-order valence-electron chi connectivity index (χ1n) is 5.71. The van der Waals surface area contributed by atoms with E-state index < -0.39 is 6.04 Å². The minimum absolute atomic E-state index is 0.0505. The van der Waals surface area contributed by atoms with Crippen molar-refractivity contribution in [3.8, 4) is 0 Å². The molecule has 0 radical (unpaired) electrons. The van der Waals surface area contributed by atoms with Crippen molar-refractivity contribution in [3.63, 3.8) is 0 Å². The van der Waals surface area contributed by atoms with Crippen molar-refractivity contribution >= 4 is 5.91 Å². The lowest BCUT2D eigenvalue weighted by molar-refractivity contribution is -0.131. The van der Waals surface area contributed by atoms with Crippen LogP contribution in [-0.2, 0) is 11.3 Å². The minimum Gasteiger partial charge on any atom is -0.340 e. The van der Waals surface area contributed by atoms with Gasteiger partial charge in [-0.3, -0.25) is 4.79 Å². The Balaban J connectivity index is 2.59. The highest BCUT2D eigenvalue weighted by Crippen LogP contribution is 2.07. The van der Waals surface area contributed by atoms with Crippen molar-refractivity contribution < 1.29 is 4.79 Å². The highest BCUT2D eigenvalue weighted by molar-refractivity contribution is 5.81. The second kappa shape index (κ2) is 6.21. The third-order valence-electron chi connectivity index (χ3n) is 2.65. The normalized spacial score (nSPS) is 11.9. The summed E-state index contributed by atoms with van der Waals surface area (Å²) in [7, 11) is 1.77. The molecule has 1 atom stereocenters. The Labute approximate surface area is 103 Å². The summed E-state index contributed by atoms with van der Waals surface area (Å²) < 4.78 is 0. The fraction of sp³-hybridized carbons (Fsp3) is 0.357. The van der Waals surface area contributed by atoms with Gasteiger partial charge in [0.2, 0.25) is 5.91 Å². The molecule has 0 aliphatic rings. The summed E-state index contributed by atoms with van der Waals surface area (Å²) in [6.07, 6.45) is 2.18. The Morgan fingerprint density at radius 1 is 1.47 bits per heavy atom. The SMILES string of the molecule is C=CCC(N)C(=O)N(C)Cc1ccc(C)cc1. The van der Waals surface area contributed by atoms with Crippen molar-refractivity contribution in [1.29, 1.82) is 0 Å². The molecule has 1 rings (SSSR count). The van der Waals surface area contributed by atoms with E-state index in [1.54, 1.807) is 18.0 Å². The van der Waals surface area contributed by atoms with Crippen LogP contribution in [0.5, 0.6) is 0 Å². The molecule has 1 unspecified atom stereocenters. The van der Waals surface area contributed by atoms with E-state index in [1.165, 1.54) is 5.56 Å². The van der Waals surface area contributed by atoms with Crippen LogP contribution < -0.4 is 5.73 Å². The van der Waals surface area contributed by atoms with Gasteiger partial charge in [0.15, 0.2) is 0 Å². The van der Waals surface area contributed by atoms with Crippen LogP contribution in [0.4, 0.5) is 0 Å². The summed E-state index contributed by atoms with van der Waals surface area (Å²) in [5, 5.41) is 0. The number of carbonyl (C=O) groups is 1. The molecule has 0 aliphatic carbocycles. The fourth-order valence-corrected chi connectivity index (χ4v) is 1.61. The molecule has 92 valence electrons. The van der Waals surface area contributed by atoms with Crippen molar-refractivity contribution in [2.45, 2.75) is 25.9 Å². The zero-order valence-corrected chi connectivity index (χ0v) is 10.5. The van der Waals surface area contributed by atoms with Crippen LogP contribution in [0.25, 0.3) is 0 Å². The second-order valence-electron chi connectivity index (χ2n) is 4.31. The van der Waals surface area contributed by atoms with Gasteiger partial charge in [-0.05, 0) is 18.9 Å². The topological polar surface area (TPSA) is 46.3 Å². The summed E-state index contributed by atoms with van der Waals surface area (Å²) in [6, 6.07) is 7.65.